The number of aromatic nitrogens is 2. The van der Waals surface area contributed by atoms with Crippen LogP contribution in [0.15, 0.2) is 10.9 Å². The van der Waals surface area contributed by atoms with E-state index in [4.69, 9.17) is 0 Å². The summed E-state index contributed by atoms with van der Waals surface area (Å²) < 4.78 is 0. The maximum absolute atomic E-state index is 11.5. The molecular formula is C12H21N3OS. The Hall–Kier alpha value is -0.970. The van der Waals surface area contributed by atoms with Crippen LogP contribution in [0, 0.1) is 0 Å². The Morgan fingerprint density at radius 1 is 1.47 bits per heavy atom. The van der Waals surface area contributed by atoms with Gasteiger partial charge in [0.25, 0.3) is 5.56 Å². The van der Waals surface area contributed by atoms with Crippen molar-refractivity contribution in [2.45, 2.75) is 51.2 Å². The van der Waals surface area contributed by atoms with Gasteiger partial charge >= 0.3 is 0 Å². The minimum atomic E-state index is -0.0924. The fraction of sp³-hybridized carbons (Fsp3) is 0.667. The van der Waals surface area contributed by atoms with E-state index < -0.39 is 0 Å². The molecule has 4 nitrogen and oxygen atoms in total. The average molecular weight is 255 g/mol. The van der Waals surface area contributed by atoms with Crippen LogP contribution in [0.4, 0.5) is 5.95 Å². The summed E-state index contributed by atoms with van der Waals surface area (Å²) in [6.07, 6.45) is 0.995. The van der Waals surface area contributed by atoms with Crippen molar-refractivity contribution in [3.63, 3.8) is 0 Å². The molecule has 0 saturated carbocycles. The number of H-pyrrole nitrogens is 1. The summed E-state index contributed by atoms with van der Waals surface area (Å²) in [7, 11) is 0. The van der Waals surface area contributed by atoms with Gasteiger partial charge in [0.1, 0.15) is 0 Å². The number of nitrogens with zero attached hydrogens (tertiary/aromatic N) is 1. The molecule has 1 atom stereocenters. The predicted molar refractivity (Wildman–Crippen MR) is 74.7 cm³/mol. The van der Waals surface area contributed by atoms with Crippen LogP contribution in [-0.4, -0.2) is 21.3 Å². The number of aromatic amines is 1. The first-order valence-corrected chi connectivity index (χ1v) is 7.04. The minimum absolute atomic E-state index is 0.0924. The smallest absolute Gasteiger partial charge is 0.252 e. The van der Waals surface area contributed by atoms with Gasteiger partial charge in [0.05, 0.1) is 5.69 Å². The lowest BCUT2D eigenvalue weighted by atomic mass is 10.3. The molecule has 5 heteroatoms. The third-order valence-corrected chi connectivity index (χ3v) is 3.48. The van der Waals surface area contributed by atoms with Gasteiger partial charge in [-0.1, -0.05) is 20.8 Å². The lowest BCUT2D eigenvalue weighted by Gasteiger charge is -2.12. The number of rotatable bonds is 6. The van der Waals surface area contributed by atoms with Crippen molar-refractivity contribution in [1.82, 2.24) is 9.97 Å². The number of thioether (sulfide) groups is 1. The van der Waals surface area contributed by atoms with E-state index in [-0.39, 0.29) is 5.56 Å². The number of hydrogen-bond acceptors (Lipinski definition) is 4. The molecule has 1 aromatic heterocycles. The van der Waals surface area contributed by atoms with Crippen molar-refractivity contribution >= 4 is 17.7 Å². The van der Waals surface area contributed by atoms with Crippen molar-refractivity contribution in [3.8, 4) is 0 Å². The molecular weight excluding hydrogens is 234 g/mol. The molecule has 0 saturated heterocycles. The largest absolute Gasteiger partial charge is 0.353 e. The lowest BCUT2D eigenvalue weighted by Crippen LogP contribution is -2.20. The van der Waals surface area contributed by atoms with E-state index in [0.717, 1.165) is 17.9 Å². The second-order valence-corrected chi connectivity index (χ2v) is 5.96. The molecule has 2 N–H and O–H groups in total. The van der Waals surface area contributed by atoms with Gasteiger partial charge in [0, 0.05) is 17.9 Å². The second-order valence-electron chi connectivity index (χ2n) is 4.40. The van der Waals surface area contributed by atoms with Gasteiger partial charge in [-0.3, -0.25) is 9.78 Å². The van der Waals surface area contributed by atoms with Gasteiger partial charge < -0.3 is 5.32 Å². The maximum atomic E-state index is 11.5. The fourth-order valence-electron chi connectivity index (χ4n) is 1.24. The molecule has 1 rings (SSSR count). The monoisotopic (exact) mass is 255 g/mol. The Morgan fingerprint density at radius 3 is 2.76 bits per heavy atom. The highest BCUT2D eigenvalue weighted by Crippen LogP contribution is 2.15. The molecule has 1 unspecified atom stereocenters. The number of anilines is 1. The second kappa shape index (κ2) is 6.69. The molecule has 1 heterocycles. The zero-order valence-electron chi connectivity index (χ0n) is 10.9. The SMILES string of the molecule is CCC(C)Nc1nc(CSC(C)C)cc(=O)[nH]1. The highest BCUT2D eigenvalue weighted by molar-refractivity contribution is 7.99. The third kappa shape index (κ3) is 5.26. The van der Waals surface area contributed by atoms with Crippen LogP contribution < -0.4 is 10.9 Å². The van der Waals surface area contributed by atoms with Crippen LogP contribution in [0.2, 0.25) is 0 Å². The summed E-state index contributed by atoms with van der Waals surface area (Å²) in [5.41, 5.74) is 0.739. The Morgan fingerprint density at radius 2 is 2.18 bits per heavy atom. The first-order valence-electron chi connectivity index (χ1n) is 5.99. The summed E-state index contributed by atoms with van der Waals surface area (Å²) in [5.74, 6) is 1.35. The maximum Gasteiger partial charge on any atom is 0.252 e. The zero-order chi connectivity index (χ0) is 12.8. The molecule has 0 spiro atoms. The molecule has 0 bridgehead atoms. The van der Waals surface area contributed by atoms with E-state index in [9.17, 15) is 4.79 Å². The van der Waals surface area contributed by atoms with Crippen molar-refractivity contribution < 1.29 is 0 Å². The first-order chi connectivity index (χ1) is 8.01. The molecule has 17 heavy (non-hydrogen) atoms. The zero-order valence-corrected chi connectivity index (χ0v) is 11.7. The highest BCUT2D eigenvalue weighted by Gasteiger charge is 2.05. The summed E-state index contributed by atoms with van der Waals surface area (Å²) in [4.78, 5) is 18.6. The summed E-state index contributed by atoms with van der Waals surface area (Å²) in [6.45, 7) is 8.43. The van der Waals surface area contributed by atoms with Gasteiger partial charge in [-0.05, 0) is 18.6 Å². The van der Waals surface area contributed by atoms with E-state index in [0.29, 0.717) is 17.2 Å². The molecule has 0 aliphatic heterocycles. The Bertz CT molecular complexity index is 403. The van der Waals surface area contributed by atoms with E-state index >= 15 is 0 Å². The molecule has 0 fully saturated rings. The summed E-state index contributed by atoms with van der Waals surface area (Å²) >= 11 is 1.78. The summed E-state index contributed by atoms with van der Waals surface area (Å²) in [6, 6.07) is 1.88. The van der Waals surface area contributed by atoms with Crippen LogP contribution in [0.5, 0.6) is 0 Å². The highest BCUT2D eigenvalue weighted by atomic mass is 32.2. The lowest BCUT2D eigenvalue weighted by molar-refractivity contribution is 0.750. The van der Waals surface area contributed by atoms with Crippen molar-refractivity contribution in [3.05, 3.63) is 22.1 Å². The van der Waals surface area contributed by atoms with E-state index in [1.54, 1.807) is 17.8 Å². The van der Waals surface area contributed by atoms with Crippen molar-refractivity contribution in [1.29, 1.82) is 0 Å². The van der Waals surface area contributed by atoms with Gasteiger partial charge in [-0.2, -0.15) is 11.8 Å². The molecule has 0 amide bonds. The van der Waals surface area contributed by atoms with Gasteiger partial charge in [0.2, 0.25) is 5.95 Å². The Balaban J connectivity index is 2.75. The van der Waals surface area contributed by atoms with Crippen molar-refractivity contribution in [2.75, 3.05) is 5.32 Å². The normalized spacial score (nSPS) is 12.8. The van der Waals surface area contributed by atoms with Gasteiger partial charge in [-0.15, -0.1) is 0 Å². The van der Waals surface area contributed by atoms with Gasteiger partial charge in [-0.25, -0.2) is 4.98 Å². The molecule has 0 aliphatic carbocycles. The van der Waals surface area contributed by atoms with Crippen LogP contribution in [0.25, 0.3) is 0 Å². The van der Waals surface area contributed by atoms with E-state index in [1.165, 1.54) is 0 Å². The molecule has 0 radical (unpaired) electrons. The van der Waals surface area contributed by atoms with E-state index in [2.05, 4.69) is 43.0 Å². The Kier molecular flexibility index (Phi) is 5.55. The number of hydrogen-bond donors (Lipinski definition) is 2. The van der Waals surface area contributed by atoms with Gasteiger partial charge in [0.15, 0.2) is 0 Å². The quantitative estimate of drug-likeness (QED) is 0.820. The minimum Gasteiger partial charge on any atom is -0.353 e. The van der Waals surface area contributed by atoms with E-state index in [1.807, 2.05) is 0 Å². The van der Waals surface area contributed by atoms with Crippen LogP contribution >= 0.6 is 11.8 Å². The third-order valence-electron chi connectivity index (χ3n) is 2.35. The molecule has 1 aromatic rings. The van der Waals surface area contributed by atoms with Crippen LogP contribution in [0.3, 0.4) is 0 Å². The molecule has 0 aliphatic rings. The molecule has 0 aromatic carbocycles. The van der Waals surface area contributed by atoms with Crippen LogP contribution in [-0.2, 0) is 5.75 Å². The Labute approximate surface area is 107 Å². The predicted octanol–water partition coefficient (Wildman–Crippen LogP) is 2.62. The standard InChI is InChI=1S/C12H21N3OS/c1-5-9(4)13-12-14-10(6-11(16)15-12)7-17-8(2)3/h6,8-9H,5,7H2,1-4H3,(H2,13,14,15,16). The summed E-state index contributed by atoms with van der Waals surface area (Å²) in [5, 5.41) is 3.73. The first kappa shape index (κ1) is 14.1. The molecule has 96 valence electrons. The fourth-order valence-corrected chi connectivity index (χ4v) is 1.89. The van der Waals surface area contributed by atoms with Crippen molar-refractivity contribution in [2.24, 2.45) is 0 Å². The number of nitrogens with one attached hydrogen (secondary N) is 2. The van der Waals surface area contributed by atoms with Crippen LogP contribution in [0.1, 0.15) is 39.8 Å². The average Bonchev–Trinajstić information content (AvgIpc) is 2.25. The topological polar surface area (TPSA) is 57.8 Å².